The number of nitrogens with zero attached hydrogens (tertiary/aromatic N) is 4. The summed E-state index contributed by atoms with van der Waals surface area (Å²) in [6.45, 7) is 3.73. The van der Waals surface area contributed by atoms with Gasteiger partial charge in [-0.1, -0.05) is 17.4 Å². The van der Waals surface area contributed by atoms with Gasteiger partial charge in [-0.2, -0.15) is 0 Å². The quantitative estimate of drug-likeness (QED) is 0.352. The molecule has 0 N–H and O–H groups in total. The van der Waals surface area contributed by atoms with E-state index in [-0.39, 0.29) is 18.1 Å². The number of nitro benzene ring substituents is 1. The summed E-state index contributed by atoms with van der Waals surface area (Å²) in [6, 6.07) is 11.6. The van der Waals surface area contributed by atoms with E-state index in [0.29, 0.717) is 38.1 Å². The van der Waals surface area contributed by atoms with Crippen molar-refractivity contribution in [2.45, 2.75) is 20.4 Å². The van der Waals surface area contributed by atoms with Crippen molar-refractivity contribution in [3.63, 3.8) is 0 Å². The number of pyridine rings is 1. The van der Waals surface area contributed by atoms with Crippen molar-refractivity contribution in [1.29, 1.82) is 0 Å². The number of nitro groups is 1. The Bertz CT molecular complexity index is 1220. The molecule has 1 amide bonds. The van der Waals surface area contributed by atoms with Gasteiger partial charge in [-0.25, -0.2) is 4.98 Å². The first-order valence-corrected chi connectivity index (χ1v) is 9.58. The molecule has 0 unspecified atom stereocenters. The summed E-state index contributed by atoms with van der Waals surface area (Å²) in [5.74, 6) is 0.900. The summed E-state index contributed by atoms with van der Waals surface area (Å²) >= 11 is 1.22. The van der Waals surface area contributed by atoms with E-state index in [1.807, 2.05) is 12.1 Å². The van der Waals surface area contributed by atoms with Gasteiger partial charge in [0.1, 0.15) is 11.5 Å². The molecule has 0 aliphatic carbocycles. The molecule has 3 heterocycles. The predicted molar refractivity (Wildman–Crippen MR) is 109 cm³/mol. The van der Waals surface area contributed by atoms with Crippen LogP contribution >= 0.6 is 11.3 Å². The van der Waals surface area contributed by atoms with Crippen LogP contribution in [0.4, 0.5) is 10.8 Å². The summed E-state index contributed by atoms with van der Waals surface area (Å²) < 4.78 is 6.15. The smallest absolute Gasteiger partial charge is 0.270 e. The minimum atomic E-state index is -0.451. The van der Waals surface area contributed by atoms with Gasteiger partial charge >= 0.3 is 0 Å². The van der Waals surface area contributed by atoms with Crippen LogP contribution in [0.5, 0.6) is 0 Å². The molecule has 0 aliphatic rings. The van der Waals surface area contributed by atoms with Gasteiger partial charge in [-0.15, -0.1) is 0 Å². The van der Waals surface area contributed by atoms with E-state index in [1.165, 1.54) is 28.4 Å². The first-order valence-electron chi connectivity index (χ1n) is 8.76. The van der Waals surface area contributed by atoms with Crippen molar-refractivity contribution in [2.75, 3.05) is 4.90 Å². The lowest BCUT2D eigenvalue weighted by Gasteiger charge is -2.19. The van der Waals surface area contributed by atoms with Crippen LogP contribution in [0, 0.1) is 24.0 Å². The Hall–Kier alpha value is -3.59. The zero-order valence-electron chi connectivity index (χ0n) is 15.7. The van der Waals surface area contributed by atoms with E-state index >= 15 is 0 Å². The molecule has 8 nitrogen and oxygen atoms in total. The van der Waals surface area contributed by atoms with Gasteiger partial charge in [0, 0.05) is 18.3 Å². The molecule has 0 atom stereocenters. The molecule has 1 aromatic carbocycles. The fraction of sp³-hybridized carbons (Fsp3) is 0.150. The molecule has 3 aromatic heterocycles. The molecule has 4 rings (SSSR count). The van der Waals surface area contributed by atoms with Crippen molar-refractivity contribution in [2.24, 2.45) is 0 Å². The van der Waals surface area contributed by atoms with E-state index in [0.717, 1.165) is 0 Å². The lowest BCUT2D eigenvalue weighted by atomic mass is 10.2. The number of furan rings is 1. The van der Waals surface area contributed by atoms with Crippen LogP contribution in [-0.2, 0) is 6.54 Å². The zero-order chi connectivity index (χ0) is 20.5. The Labute approximate surface area is 169 Å². The molecule has 9 heteroatoms. The van der Waals surface area contributed by atoms with E-state index in [2.05, 4.69) is 9.97 Å². The number of non-ortho nitro benzene ring substituents is 1. The van der Waals surface area contributed by atoms with Crippen LogP contribution in [0.3, 0.4) is 0 Å². The Morgan fingerprint density at radius 1 is 1.24 bits per heavy atom. The van der Waals surface area contributed by atoms with Gasteiger partial charge in [-0.3, -0.25) is 24.8 Å². The lowest BCUT2D eigenvalue weighted by Crippen LogP contribution is -2.30. The van der Waals surface area contributed by atoms with Gasteiger partial charge in [0.2, 0.25) is 0 Å². The van der Waals surface area contributed by atoms with Crippen molar-refractivity contribution >= 4 is 38.3 Å². The second-order valence-electron chi connectivity index (χ2n) is 6.44. The fourth-order valence-electron chi connectivity index (χ4n) is 3.00. The number of rotatable bonds is 5. The third kappa shape index (κ3) is 3.72. The Balaban J connectivity index is 1.79. The van der Waals surface area contributed by atoms with Gasteiger partial charge < -0.3 is 4.42 Å². The third-order valence-corrected chi connectivity index (χ3v) is 5.41. The molecule has 0 saturated heterocycles. The van der Waals surface area contributed by atoms with E-state index < -0.39 is 4.92 Å². The van der Waals surface area contributed by atoms with Crippen LogP contribution in [0.1, 0.15) is 27.6 Å². The molecular formula is C20H16N4O4S. The largest absolute Gasteiger partial charge is 0.466 e. The third-order valence-electron chi connectivity index (χ3n) is 4.37. The first-order chi connectivity index (χ1) is 13.9. The summed E-state index contributed by atoms with van der Waals surface area (Å²) in [6.07, 6.45) is 1.66. The molecule has 0 spiro atoms. The highest BCUT2D eigenvalue weighted by Gasteiger charge is 2.25. The molecule has 0 saturated carbocycles. The molecule has 146 valence electrons. The summed E-state index contributed by atoms with van der Waals surface area (Å²) in [7, 11) is 0. The zero-order valence-corrected chi connectivity index (χ0v) is 16.5. The highest BCUT2D eigenvalue weighted by Crippen LogP contribution is 2.33. The molecule has 0 aliphatic heterocycles. The molecule has 0 fully saturated rings. The standard InChI is InChI=1S/C20H16N4O4S/c1-12-9-16(13(2)28-12)19(25)23(11-14-5-3-4-8-21-14)20-22-17-7-6-15(24(26)27)10-18(17)29-20/h3-10H,11H2,1-2H3. The highest BCUT2D eigenvalue weighted by molar-refractivity contribution is 7.22. The Morgan fingerprint density at radius 3 is 2.72 bits per heavy atom. The summed E-state index contributed by atoms with van der Waals surface area (Å²) in [5, 5.41) is 11.5. The Morgan fingerprint density at radius 2 is 2.07 bits per heavy atom. The van der Waals surface area contributed by atoms with Crippen LogP contribution in [-0.4, -0.2) is 20.8 Å². The monoisotopic (exact) mass is 408 g/mol. The summed E-state index contributed by atoms with van der Waals surface area (Å²) in [5.41, 5.74) is 1.72. The molecule has 0 bridgehead atoms. The number of amides is 1. The topological polar surface area (TPSA) is 102 Å². The summed E-state index contributed by atoms with van der Waals surface area (Å²) in [4.78, 5) is 34.3. The molecule has 29 heavy (non-hydrogen) atoms. The average molecular weight is 408 g/mol. The van der Waals surface area contributed by atoms with Crippen molar-refractivity contribution in [1.82, 2.24) is 9.97 Å². The van der Waals surface area contributed by atoms with Gasteiger partial charge in [0.25, 0.3) is 11.6 Å². The number of carbonyl (C=O) groups is 1. The number of anilines is 1. The number of hydrogen-bond donors (Lipinski definition) is 0. The second kappa shape index (κ2) is 7.44. The van der Waals surface area contributed by atoms with Gasteiger partial charge in [0.15, 0.2) is 5.13 Å². The van der Waals surface area contributed by atoms with Crippen molar-refractivity contribution < 1.29 is 14.1 Å². The number of aromatic nitrogens is 2. The van der Waals surface area contributed by atoms with Crippen LogP contribution in [0.25, 0.3) is 10.2 Å². The van der Waals surface area contributed by atoms with Crippen molar-refractivity contribution in [3.8, 4) is 0 Å². The van der Waals surface area contributed by atoms with E-state index in [9.17, 15) is 14.9 Å². The van der Waals surface area contributed by atoms with E-state index in [4.69, 9.17) is 4.42 Å². The first kappa shape index (κ1) is 18.8. The number of hydrogen-bond acceptors (Lipinski definition) is 7. The normalized spacial score (nSPS) is 11.0. The average Bonchev–Trinajstić information content (AvgIpc) is 3.28. The highest BCUT2D eigenvalue weighted by atomic mass is 32.1. The number of fused-ring (bicyclic) bond motifs is 1. The second-order valence-corrected chi connectivity index (χ2v) is 7.45. The maximum atomic E-state index is 13.3. The van der Waals surface area contributed by atoms with Gasteiger partial charge in [-0.05, 0) is 38.1 Å². The predicted octanol–water partition coefficient (Wildman–Crippen LogP) is 4.66. The number of aryl methyl sites for hydroxylation is 2. The maximum Gasteiger partial charge on any atom is 0.270 e. The Kier molecular flexibility index (Phi) is 4.81. The van der Waals surface area contributed by atoms with Crippen molar-refractivity contribution in [3.05, 3.63) is 81.6 Å². The molecular weight excluding hydrogens is 392 g/mol. The van der Waals surface area contributed by atoms with Crippen LogP contribution < -0.4 is 4.90 Å². The minimum absolute atomic E-state index is 0.0170. The van der Waals surface area contributed by atoms with Crippen LogP contribution in [0.2, 0.25) is 0 Å². The number of carbonyl (C=O) groups excluding carboxylic acids is 1. The van der Waals surface area contributed by atoms with Gasteiger partial charge in [0.05, 0.1) is 32.9 Å². The van der Waals surface area contributed by atoms with Crippen LogP contribution in [0.15, 0.2) is 53.1 Å². The molecule has 0 radical (unpaired) electrons. The number of benzene rings is 1. The SMILES string of the molecule is Cc1cc(C(=O)N(Cc2ccccn2)c2nc3ccc([N+](=O)[O-])cc3s2)c(C)o1. The maximum absolute atomic E-state index is 13.3. The fourth-order valence-corrected chi connectivity index (χ4v) is 3.99. The number of thiazole rings is 1. The van der Waals surface area contributed by atoms with E-state index in [1.54, 1.807) is 38.2 Å². The molecule has 4 aromatic rings. The lowest BCUT2D eigenvalue weighted by molar-refractivity contribution is -0.384. The minimum Gasteiger partial charge on any atom is -0.466 e.